The Morgan fingerprint density at radius 1 is 1.25 bits per heavy atom. The Balaban J connectivity index is 1.91. The van der Waals surface area contributed by atoms with Crippen LogP contribution in [0, 0.1) is 11.3 Å². The lowest BCUT2D eigenvalue weighted by atomic mass is 10.2. The quantitative estimate of drug-likeness (QED) is 0.756. The van der Waals surface area contributed by atoms with Crippen LogP contribution in [0.5, 0.6) is 0 Å². The molecule has 3 aromatic heterocycles. The summed E-state index contributed by atoms with van der Waals surface area (Å²) in [7, 11) is 0. The molecule has 0 bridgehead atoms. The van der Waals surface area contributed by atoms with Crippen LogP contribution in [-0.4, -0.2) is 25.1 Å². The Labute approximate surface area is 114 Å². The van der Waals surface area contributed by atoms with Gasteiger partial charge in [-0.3, -0.25) is 10.1 Å². The smallest absolute Gasteiger partial charge is 0.160 e. The third kappa shape index (κ3) is 2.33. The van der Waals surface area contributed by atoms with E-state index in [2.05, 4.69) is 25.1 Å². The fraction of sp³-hybridized carbons (Fsp3) is 0. The second kappa shape index (κ2) is 5.20. The third-order valence-electron chi connectivity index (χ3n) is 2.73. The van der Waals surface area contributed by atoms with Crippen molar-refractivity contribution >= 4 is 12.2 Å². The van der Waals surface area contributed by atoms with Crippen molar-refractivity contribution in [3.8, 4) is 17.6 Å². The second-order valence-corrected chi connectivity index (χ2v) is 4.06. The Morgan fingerprint density at radius 3 is 2.95 bits per heavy atom. The fourth-order valence-electron chi connectivity index (χ4n) is 1.78. The van der Waals surface area contributed by atoms with Crippen molar-refractivity contribution in [2.24, 2.45) is 0 Å². The van der Waals surface area contributed by atoms with Gasteiger partial charge in [-0.2, -0.15) is 10.4 Å². The van der Waals surface area contributed by atoms with Crippen LogP contribution in [-0.2, 0) is 0 Å². The van der Waals surface area contributed by atoms with Crippen molar-refractivity contribution < 1.29 is 0 Å². The molecule has 0 aliphatic heterocycles. The molecule has 0 atom stereocenters. The second-order valence-electron chi connectivity index (χ2n) is 4.06. The van der Waals surface area contributed by atoms with E-state index in [9.17, 15) is 0 Å². The highest BCUT2D eigenvalue weighted by atomic mass is 15.1. The predicted octanol–water partition coefficient (Wildman–Crippen LogP) is 2.24. The number of nitrogens with one attached hydrogen (secondary N) is 2. The van der Waals surface area contributed by atoms with E-state index in [4.69, 9.17) is 5.26 Å². The van der Waals surface area contributed by atoms with E-state index in [1.165, 1.54) is 0 Å². The molecule has 0 saturated carbocycles. The Kier molecular flexibility index (Phi) is 3.08. The largest absolute Gasteiger partial charge is 0.342 e. The summed E-state index contributed by atoms with van der Waals surface area (Å²) in [6.07, 6.45) is 10.7. The number of H-pyrrole nitrogens is 2. The first-order chi connectivity index (χ1) is 9.86. The Morgan fingerprint density at radius 2 is 2.20 bits per heavy atom. The molecule has 6 heteroatoms. The fourth-order valence-corrected chi connectivity index (χ4v) is 1.78. The lowest BCUT2D eigenvalue weighted by Gasteiger charge is -1.93. The number of pyridine rings is 1. The zero-order chi connectivity index (χ0) is 13.8. The maximum Gasteiger partial charge on any atom is 0.160 e. The molecule has 96 valence electrons. The van der Waals surface area contributed by atoms with Crippen molar-refractivity contribution in [2.75, 3.05) is 0 Å². The van der Waals surface area contributed by atoms with Crippen molar-refractivity contribution in [3.05, 3.63) is 53.7 Å². The molecule has 0 fully saturated rings. The minimum Gasteiger partial charge on any atom is -0.342 e. The minimum absolute atomic E-state index is 0.338. The van der Waals surface area contributed by atoms with Gasteiger partial charge < -0.3 is 4.98 Å². The van der Waals surface area contributed by atoms with Crippen LogP contribution >= 0.6 is 0 Å². The maximum absolute atomic E-state index is 8.79. The topological polar surface area (TPSA) is 94.0 Å². The number of hydrogen-bond acceptors (Lipinski definition) is 4. The summed E-state index contributed by atoms with van der Waals surface area (Å²) in [5.41, 5.74) is 2.89. The number of aromatic nitrogens is 5. The van der Waals surface area contributed by atoms with Gasteiger partial charge >= 0.3 is 0 Å². The van der Waals surface area contributed by atoms with Gasteiger partial charge in [-0.05, 0) is 11.6 Å². The lowest BCUT2D eigenvalue weighted by Crippen LogP contribution is -1.84. The molecule has 0 amide bonds. The molecule has 2 N–H and O–H groups in total. The molecule has 3 aromatic rings. The molecule has 0 aliphatic rings. The summed E-state index contributed by atoms with van der Waals surface area (Å²) in [4.78, 5) is 11.1. The molecule has 0 radical (unpaired) electrons. The number of hydrogen-bond donors (Lipinski definition) is 2. The van der Waals surface area contributed by atoms with E-state index in [1.54, 1.807) is 24.8 Å². The standard InChI is InChI=1S/C14H10N6/c15-6-12-9-17-14(19-12)13-11(8-18-20-13)4-3-10-2-1-5-16-7-10/h1-5,7-9H,(H,17,19)(H,18,20)/b4-3+. The van der Waals surface area contributed by atoms with Crippen LogP contribution in [0.2, 0.25) is 0 Å². The van der Waals surface area contributed by atoms with Gasteiger partial charge in [0.1, 0.15) is 11.8 Å². The molecule has 3 rings (SSSR count). The van der Waals surface area contributed by atoms with Gasteiger partial charge in [0.05, 0.1) is 0 Å². The van der Waals surface area contributed by atoms with Crippen LogP contribution in [0.1, 0.15) is 16.8 Å². The minimum atomic E-state index is 0.338. The van der Waals surface area contributed by atoms with E-state index >= 15 is 0 Å². The molecule has 0 aliphatic carbocycles. The molecule has 20 heavy (non-hydrogen) atoms. The van der Waals surface area contributed by atoms with Gasteiger partial charge in [-0.15, -0.1) is 0 Å². The highest BCUT2D eigenvalue weighted by Gasteiger charge is 2.10. The van der Waals surface area contributed by atoms with Gasteiger partial charge in [-0.25, -0.2) is 4.98 Å². The highest BCUT2D eigenvalue weighted by molar-refractivity contribution is 5.76. The van der Waals surface area contributed by atoms with Crippen LogP contribution in [0.25, 0.3) is 23.7 Å². The van der Waals surface area contributed by atoms with Crippen molar-refractivity contribution in [1.82, 2.24) is 25.1 Å². The van der Waals surface area contributed by atoms with Crippen LogP contribution in [0.15, 0.2) is 36.9 Å². The maximum atomic E-state index is 8.79. The molecule has 3 heterocycles. The molecule has 0 saturated heterocycles. The Hall–Kier alpha value is -3.20. The van der Waals surface area contributed by atoms with Gasteiger partial charge in [0, 0.05) is 30.4 Å². The number of rotatable bonds is 3. The van der Waals surface area contributed by atoms with E-state index < -0.39 is 0 Å². The van der Waals surface area contributed by atoms with Crippen molar-refractivity contribution in [2.45, 2.75) is 0 Å². The number of nitriles is 1. The summed E-state index contributed by atoms with van der Waals surface area (Å²) >= 11 is 0. The van der Waals surface area contributed by atoms with Crippen LogP contribution in [0.3, 0.4) is 0 Å². The average Bonchev–Trinajstić information content (AvgIpc) is 3.14. The zero-order valence-corrected chi connectivity index (χ0v) is 10.4. The van der Waals surface area contributed by atoms with Gasteiger partial charge in [0.15, 0.2) is 11.5 Å². The summed E-state index contributed by atoms with van der Waals surface area (Å²) < 4.78 is 0. The molecular weight excluding hydrogens is 252 g/mol. The number of imidazole rings is 1. The zero-order valence-electron chi connectivity index (χ0n) is 10.4. The van der Waals surface area contributed by atoms with E-state index in [-0.39, 0.29) is 0 Å². The van der Waals surface area contributed by atoms with Crippen LogP contribution in [0.4, 0.5) is 0 Å². The number of nitrogens with zero attached hydrogens (tertiary/aromatic N) is 4. The lowest BCUT2D eigenvalue weighted by molar-refractivity contribution is 1.08. The summed E-state index contributed by atoms with van der Waals surface area (Å²) in [6.45, 7) is 0. The summed E-state index contributed by atoms with van der Waals surface area (Å²) in [5.74, 6) is 0.564. The van der Waals surface area contributed by atoms with Crippen molar-refractivity contribution in [3.63, 3.8) is 0 Å². The van der Waals surface area contributed by atoms with Gasteiger partial charge in [0.2, 0.25) is 0 Å². The van der Waals surface area contributed by atoms with Gasteiger partial charge in [0.25, 0.3) is 0 Å². The highest BCUT2D eigenvalue weighted by Crippen LogP contribution is 2.19. The molecule has 0 spiro atoms. The molecule has 6 nitrogen and oxygen atoms in total. The van der Waals surface area contributed by atoms with E-state index in [0.717, 1.165) is 11.1 Å². The summed E-state index contributed by atoms with van der Waals surface area (Å²) in [5, 5.41) is 15.7. The van der Waals surface area contributed by atoms with E-state index in [0.29, 0.717) is 17.2 Å². The average molecular weight is 262 g/mol. The normalized spacial score (nSPS) is 10.8. The molecule has 0 aromatic carbocycles. The third-order valence-corrected chi connectivity index (χ3v) is 2.73. The molecular formula is C14H10N6. The first kappa shape index (κ1) is 11.9. The predicted molar refractivity (Wildman–Crippen MR) is 74.0 cm³/mol. The van der Waals surface area contributed by atoms with Gasteiger partial charge in [-0.1, -0.05) is 18.2 Å². The Bertz CT molecular complexity index is 775. The first-order valence-electron chi connectivity index (χ1n) is 5.94. The molecule has 0 unspecified atom stereocenters. The van der Waals surface area contributed by atoms with Crippen molar-refractivity contribution in [1.29, 1.82) is 5.26 Å². The SMILES string of the molecule is N#Cc1c[nH]c(-c2n[nH]cc2/C=C/c2cccnc2)n1. The monoisotopic (exact) mass is 262 g/mol. The first-order valence-corrected chi connectivity index (χ1v) is 5.94. The summed E-state index contributed by atoms with van der Waals surface area (Å²) in [6, 6.07) is 5.82. The van der Waals surface area contributed by atoms with E-state index in [1.807, 2.05) is 30.4 Å². The van der Waals surface area contributed by atoms with Crippen LogP contribution < -0.4 is 0 Å². The number of aromatic amines is 2.